The molecule has 0 amide bonds. The number of alkyl halides is 2. The van der Waals surface area contributed by atoms with E-state index >= 15 is 0 Å². The standard InChI is InChI=1S/C11H15F2NO3S/c1-8-9(7-15)4-3-5-10(8)18(16,17)14(2)6-11(12)13/h3-5,11,15H,6-7H2,1-2H3. The molecule has 0 heterocycles. The molecular formula is C11H15F2NO3S. The SMILES string of the molecule is Cc1c(CO)cccc1S(=O)(=O)N(C)CC(F)F. The molecule has 0 spiro atoms. The normalized spacial score (nSPS) is 12.4. The van der Waals surface area contributed by atoms with Gasteiger partial charge in [0.25, 0.3) is 6.43 Å². The van der Waals surface area contributed by atoms with Crippen LogP contribution in [0, 0.1) is 6.92 Å². The lowest BCUT2D eigenvalue weighted by atomic mass is 10.1. The lowest BCUT2D eigenvalue weighted by molar-refractivity contribution is 0.126. The number of nitrogens with zero attached hydrogens (tertiary/aromatic N) is 1. The number of hydrogen-bond donors (Lipinski definition) is 1. The van der Waals surface area contributed by atoms with Crippen LogP contribution in [0.3, 0.4) is 0 Å². The highest BCUT2D eigenvalue weighted by Gasteiger charge is 2.25. The molecule has 102 valence electrons. The van der Waals surface area contributed by atoms with E-state index in [4.69, 9.17) is 5.11 Å². The van der Waals surface area contributed by atoms with E-state index in [0.717, 1.165) is 7.05 Å². The molecule has 0 aliphatic rings. The Morgan fingerprint density at radius 1 is 1.39 bits per heavy atom. The molecule has 1 N–H and O–H groups in total. The monoisotopic (exact) mass is 279 g/mol. The van der Waals surface area contributed by atoms with Gasteiger partial charge in [0, 0.05) is 7.05 Å². The minimum Gasteiger partial charge on any atom is -0.392 e. The van der Waals surface area contributed by atoms with Crippen molar-refractivity contribution in [1.82, 2.24) is 4.31 Å². The van der Waals surface area contributed by atoms with Crippen LogP contribution in [0.4, 0.5) is 8.78 Å². The fourth-order valence-electron chi connectivity index (χ4n) is 1.57. The van der Waals surface area contributed by atoms with Gasteiger partial charge in [-0.2, -0.15) is 4.31 Å². The zero-order valence-corrected chi connectivity index (χ0v) is 10.9. The first kappa shape index (κ1) is 15.0. The van der Waals surface area contributed by atoms with E-state index in [2.05, 4.69) is 0 Å². The predicted octanol–water partition coefficient (Wildman–Crippen LogP) is 1.37. The van der Waals surface area contributed by atoms with Gasteiger partial charge in [-0.15, -0.1) is 0 Å². The van der Waals surface area contributed by atoms with Gasteiger partial charge in [0.1, 0.15) is 0 Å². The molecule has 4 nitrogen and oxygen atoms in total. The minimum atomic E-state index is -3.96. The molecule has 0 fully saturated rings. The maximum absolute atomic E-state index is 12.2. The topological polar surface area (TPSA) is 57.6 Å². The summed E-state index contributed by atoms with van der Waals surface area (Å²) >= 11 is 0. The van der Waals surface area contributed by atoms with Gasteiger partial charge in [-0.1, -0.05) is 12.1 Å². The van der Waals surface area contributed by atoms with Crippen molar-refractivity contribution in [2.45, 2.75) is 24.9 Å². The van der Waals surface area contributed by atoms with Gasteiger partial charge in [0.05, 0.1) is 18.0 Å². The number of aliphatic hydroxyl groups excluding tert-OH is 1. The molecule has 0 aliphatic heterocycles. The number of rotatable bonds is 5. The van der Waals surface area contributed by atoms with Gasteiger partial charge in [-0.05, 0) is 24.1 Å². The fraction of sp³-hybridized carbons (Fsp3) is 0.455. The van der Waals surface area contributed by atoms with E-state index in [1.807, 2.05) is 0 Å². The maximum atomic E-state index is 12.2. The summed E-state index contributed by atoms with van der Waals surface area (Å²) in [5.74, 6) is 0. The average molecular weight is 279 g/mol. The first-order valence-corrected chi connectivity index (χ1v) is 6.68. The van der Waals surface area contributed by atoms with Gasteiger partial charge >= 0.3 is 0 Å². The van der Waals surface area contributed by atoms with Crippen molar-refractivity contribution in [2.75, 3.05) is 13.6 Å². The van der Waals surface area contributed by atoms with Crippen molar-refractivity contribution in [1.29, 1.82) is 0 Å². The van der Waals surface area contributed by atoms with E-state index in [9.17, 15) is 17.2 Å². The molecule has 0 atom stereocenters. The second kappa shape index (κ2) is 5.73. The van der Waals surface area contributed by atoms with Gasteiger partial charge in [0.2, 0.25) is 10.0 Å². The quantitative estimate of drug-likeness (QED) is 0.885. The first-order chi connectivity index (χ1) is 8.30. The van der Waals surface area contributed by atoms with Crippen molar-refractivity contribution >= 4 is 10.0 Å². The van der Waals surface area contributed by atoms with E-state index < -0.39 is 23.0 Å². The summed E-state index contributed by atoms with van der Waals surface area (Å²) in [6.45, 7) is 0.382. The van der Waals surface area contributed by atoms with E-state index in [1.165, 1.54) is 19.1 Å². The summed E-state index contributed by atoms with van der Waals surface area (Å²) in [7, 11) is -2.85. The lowest BCUT2D eigenvalue weighted by Gasteiger charge is -2.18. The van der Waals surface area contributed by atoms with Crippen LogP contribution >= 0.6 is 0 Å². The number of benzene rings is 1. The van der Waals surface area contributed by atoms with Crippen LogP contribution in [0.15, 0.2) is 23.1 Å². The van der Waals surface area contributed by atoms with Crippen molar-refractivity contribution in [3.8, 4) is 0 Å². The highest BCUT2D eigenvalue weighted by Crippen LogP contribution is 2.22. The smallest absolute Gasteiger partial charge is 0.252 e. The van der Waals surface area contributed by atoms with Crippen molar-refractivity contribution in [2.24, 2.45) is 0 Å². The van der Waals surface area contributed by atoms with Gasteiger partial charge < -0.3 is 5.11 Å². The Morgan fingerprint density at radius 3 is 2.50 bits per heavy atom. The van der Waals surface area contributed by atoms with Crippen LogP contribution in [0.2, 0.25) is 0 Å². The van der Waals surface area contributed by atoms with Crippen molar-refractivity contribution in [3.05, 3.63) is 29.3 Å². The molecule has 1 aromatic rings. The lowest BCUT2D eigenvalue weighted by Crippen LogP contribution is -2.32. The van der Waals surface area contributed by atoms with Crippen LogP contribution in [-0.4, -0.2) is 37.8 Å². The Labute approximate surface area is 105 Å². The third-order valence-corrected chi connectivity index (χ3v) is 4.62. The third-order valence-electron chi connectivity index (χ3n) is 2.65. The Morgan fingerprint density at radius 2 is 2.00 bits per heavy atom. The number of aliphatic hydroxyl groups is 1. The Kier molecular flexibility index (Phi) is 4.78. The first-order valence-electron chi connectivity index (χ1n) is 5.24. The zero-order valence-electron chi connectivity index (χ0n) is 10.1. The molecule has 1 aromatic carbocycles. The molecule has 0 saturated carbocycles. The molecule has 18 heavy (non-hydrogen) atoms. The molecule has 0 aliphatic carbocycles. The maximum Gasteiger partial charge on any atom is 0.252 e. The van der Waals surface area contributed by atoms with Crippen LogP contribution in [0.25, 0.3) is 0 Å². The number of halogens is 2. The molecule has 0 radical (unpaired) electrons. The minimum absolute atomic E-state index is 0.0581. The summed E-state index contributed by atoms with van der Waals surface area (Å²) in [5.41, 5.74) is 0.836. The molecule has 0 saturated heterocycles. The molecular weight excluding hydrogens is 264 g/mol. The molecule has 1 rings (SSSR count). The fourth-order valence-corrected chi connectivity index (χ4v) is 2.98. The summed E-state index contributed by atoms with van der Waals surface area (Å²) in [6.07, 6.45) is -2.73. The highest BCUT2D eigenvalue weighted by atomic mass is 32.2. The van der Waals surface area contributed by atoms with Crippen LogP contribution in [0.1, 0.15) is 11.1 Å². The summed E-state index contributed by atoms with van der Waals surface area (Å²) in [4.78, 5) is -0.0581. The van der Waals surface area contributed by atoms with Crippen molar-refractivity contribution in [3.63, 3.8) is 0 Å². The predicted molar refractivity (Wildman–Crippen MR) is 62.9 cm³/mol. The van der Waals surface area contributed by atoms with Gasteiger partial charge in [0.15, 0.2) is 0 Å². The van der Waals surface area contributed by atoms with Crippen molar-refractivity contribution < 1.29 is 22.3 Å². The second-order valence-corrected chi connectivity index (χ2v) is 5.89. The number of sulfonamides is 1. The van der Waals surface area contributed by atoms with Gasteiger partial charge in [-0.25, -0.2) is 17.2 Å². The summed E-state index contributed by atoms with van der Waals surface area (Å²) in [5, 5.41) is 9.06. The largest absolute Gasteiger partial charge is 0.392 e. The van der Waals surface area contributed by atoms with Crippen LogP contribution in [-0.2, 0) is 16.6 Å². The molecule has 7 heteroatoms. The van der Waals surface area contributed by atoms with E-state index in [-0.39, 0.29) is 11.5 Å². The third kappa shape index (κ3) is 3.04. The summed E-state index contributed by atoms with van der Waals surface area (Å²) in [6, 6.07) is 4.40. The highest BCUT2D eigenvalue weighted by molar-refractivity contribution is 7.89. The second-order valence-electron chi connectivity index (χ2n) is 3.88. The molecule has 0 bridgehead atoms. The molecule has 0 unspecified atom stereocenters. The van der Waals surface area contributed by atoms with Crippen LogP contribution in [0.5, 0.6) is 0 Å². The Bertz CT molecular complexity index is 517. The van der Waals surface area contributed by atoms with Crippen LogP contribution < -0.4 is 0 Å². The Hall–Kier alpha value is -1.05. The average Bonchev–Trinajstić information content (AvgIpc) is 2.28. The Balaban J connectivity index is 3.20. The summed E-state index contributed by atoms with van der Waals surface area (Å²) < 4.78 is 49.2. The van der Waals surface area contributed by atoms with Gasteiger partial charge in [-0.3, -0.25) is 0 Å². The van der Waals surface area contributed by atoms with E-state index in [1.54, 1.807) is 6.07 Å². The number of hydrogen-bond acceptors (Lipinski definition) is 3. The van der Waals surface area contributed by atoms with E-state index in [0.29, 0.717) is 15.4 Å². The zero-order chi connectivity index (χ0) is 13.9. The molecule has 0 aromatic heterocycles.